The average molecular weight is 292 g/mol. The first-order valence-electron chi connectivity index (χ1n) is 8.17. The predicted molar refractivity (Wildman–Crippen MR) is 82.9 cm³/mol. The lowest BCUT2D eigenvalue weighted by atomic mass is 9.72. The molecule has 2 aliphatic heterocycles. The van der Waals surface area contributed by atoms with E-state index in [2.05, 4.69) is 34.6 Å². The molecular weight excluding hydrogens is 264 g/mol. The Morgan fingerprint density at radius 3 is 2.86 bits per heavy atom. The van der Waals surface area contributed by atoms with E-state index in [1.165, 1.54) is 5.69 Å². The Bertz CT molecular complexity index is 465. The molecule has 0 radical (unpaired) electrons. The molecule has 5 nitrogen and oxygen atoms in total. The molecule has 0 amide bonds. The van der Waals surface area contributed by atoms with Crippen LogP contribution in [0.25, 0.3) is 0 Å². The average Bonchev–Trinajstić information content (AvgIpc) is 3.05. The molecule has 0 aliphatic carbocycles. The molecule has 1 unspecified atom stereocenters. The second-order valence-corrected chi connectivity index (χ2v) is 6.94. The van der Waals surface area contributed by atoms with Crippen molar-refractivity contribution in [2.45, 2.75) is 39.3 Å². The highest BCUT2D eigenvalue weighted by Gasteiger charge is 2.46. The Morgan fingerprint density at radius 1 is 1.43 bits per heavy atom. The third-order valence-corrected chi connectivity index (χ3v) is 5.28. The van der Waals surface area contributed by atoms with Crippen LogP contribution in [-0.4, -0.2) is 47.5 Å². The Kier molecular flexibility index (Phi) is 4.33. The van der Waals surface area contributed by atoms with Crippen LogP contribution in [0.4, 0.5) is 0 Å². The van der Waals surface area contributed by atoms with E-state index in [4.69, 9.17) is 10.5 Å². The number of ether oxygens (including phenoxy) is 1. The smallest absolute Gasteiger partial charge is 0.0527 e. The predicted octanol–water partition coefficient (Wildman–Crippen LogP) is 1.65. The Balaban J connectivity index is 1.71. The topological polar surface area (TPSA) is 56.3 Å². The van der Waals surface area contributed by atoms with Crippen molar-refractivity contribution in [3.05, 3.63) is 18.0 Å². The van der Waals surface area contributed by atoms with Crippen molar-refractivity contribution in [1.29, 1.82) is 0 Å². The molecule has 0 saturated carbocycles. The minimum atomic E-state index is 0.385. The van der Waals surface area contributed by atoms with Crippen LogP contribution in [0.5, 0.6) is 0 Å². The molecule has 1 aromatic rings. The largest absolute Gasteiger partial charge is 0.381 e. The van der Waals surface area contributed by atoms with E-state index >= 15 is 0 Å². The molecule has 21 heavy (non-hydrogen) atoms. The normalized spacial score (nSPS) is 26.0. The summed E-state index contributed by atoms with van der Waals surface area (Å²) in [5.74, 6) is 0.608. The van der Waals surface area contributed by atoms with Gasteiger partial charge in [-0.1, -0.05) is 0 Å². The SMILES string of the molecule is CC(C)n1nccc1CN1CC(CN)C2(CCOCC2)C1. The number of nitrogens with zero attached hydrogens (tertiary/aromatic N) is 3. The highest BCUT2D eigenvalue weighted by Crippen LogP contribution is 2.44. The van der Waals surface area contributed by atoms with E-state index in [-0.39, 0.29) is 0 Å². The molecule has 118 valence electrons. The molecular formula is C16H28N4O. The van der Waals surface area contributed by atoms with Gasteiger partial charge in [-0.2, -0.15) is 5.10 Å². The Morgan fingerprint density at radius 2 is 2.19 bits per heavy atom. The zero-order valence-corrected chi connectivity index (χ0v) is 13.3. The lowest BCUT2D eigenvalue weighted by Crippen LogP contribution is -2.39. The second kappa shape index (κ2) is 6.07. The maximum atomic E-state index is 6.07. The van der Waals surface area contributed by atoms with Gasteiger partial charge in [0.15, 0.2) is 0 Å². The lowest BCUT2D eigenvalue weighted by molar-refractivity contribution is 0.000959. The van der Waals surface area contributed by atoms with Crippen molar-refractivity contribution in [2.75, 3.05) is 32.8 Å². The maximum absolute atomic E-state index is 6.07. The Labute approximate surface area is 127 Å². The number of aromatic nitrogens is 2. The van der Waals surface area contributed by atoms with Gasteiger partial charge >= 0.3 is 0 Å². The van der Waals surface area contributed by atoms with Crippen LogP contribution in [0.3, 0.4) is 0 Å². The van der Waals surface area contributed by atoms with Crippen molar-refractivity contribution in [2.24, 2.45) is 17.1 Å². The number of hydrogen-bond donors (Lipinski definition) is 1. The fourth-order valence-corrected chi connectivity index (χ4v) is 4.09. The van der Waals surface area contributed by atoms with E-state index in [9.17, 15) is 0 Å². The highest BCUT2D eigenvalue weighted by atomic mass is 16.5. The van der Waals surface area contributed by atoms with Gasteiger partial charge in [-0.25, -0.2) is 0 Å². The molecule has 2 aliphatic rings. The molecule has 2 saturated heterocycles. The lowest BCUT2D eigenvalue weighted by Gasteiger charge is -2.37. The van der Waals surface area contributed by atoms with Crippen molar-refractivity contribution in [3.8, 4) is 0 Å². The zero-order chi connectivity index (χ0) is 14.9. The molecule has 0 bridgehead atoms. The molecule has 5 heteroatoms. The molecule has 1 aromatic heterocycles. The summed E-state index contributed by atoms with van der Waals surface area (Å²) < 4.78 is 7.70. The molecule has 1 spiro atoms. The van der Waals surface area contributed by atoms with Crippen LogP contribution in [0.15, 0.2) is 12.3 Å². The highest BCUT2D eigenvalue weighted by molar-refractivity contribution is 5.05. The van der Waals surface area contributed by atoms with Gasteiger partial charge in [0, 0.05) is 45.1 Å². The molecule has 3 heterocycles. The van der Waals surface area contributed by atoms with Gasteiger partial charge in [0.2, 0.25) is 0 Å². The summed E-state index contributed by atoms with van der Waals surface area (Å²) in [6.45, 7) is 10.2. The van der Waals surface area contributed by atoms with Crippen LogP contribution in [0, 0.1) is 11.3 Å². The van der Waals surface area contributed by atoms with Crippen LogP contribution in [0.2, 0.25) is 0 Å². The quantitative estimate of drug-likeness (QED) is 0.917. The summed E-state index contributed by atoms with van der Waals surface area (Å²) in [5.41, 5.74) is 7.76. The fourth-order valence-electron chi connectivity index (χ4n) is 4.09. The number of hydrogen-bond acceptors (Lipinski definition) is 4. The van der Waals surface area contributed by atoms with Gasteiger partial charge in [0.25, 0.3) is 0 Å². The summed E-state index contributed by atoms with van der Waals surface area (Å²) in [7, 11) is 0. The minimum Gasteiger partial charge on any atom is -0.381 e. The van der Waals surface area contributed by atoms with E-state index < -0.39 is 0 Å². The molecule has 0 aromatic carbocycles. The zero-order valence-electron chi connectivity index (χ0n) is 13.3. The van der Waals surface area contributed by atoms with Crippen LogP contribution >= 0.6 is 0 Å². The van der Waals surface area contributed by atoms with Crippen LogP contribution in [0.1, 0.15) is 38.4 Å². The maximum Gasteiger partial charge on any atom is 0.0527 e. The summed E-state index contributed by atoms with van der Waals surface area (Å²) in [5, 5.41) is 4.45. The first-order valence-corrected chi connectivity index (χ1v) is 8.17. The van der Waals surface area contributed by atoms with E-state index in [1.54, 1.807) is 0 Å². The summed E-state index contributed by atoms with van der Waals surface area (Å²) in [6.07, 6.45) is 4.24. The summed E-state index contributed by atoms with van der Waals surface area (Å²) in [6, 6.07) is 2.56. The van der Waals surface area contributed by atoms with Gasteiger partial charge < -0.3 is 10.5 Å². The van der Waals surface area contributed by atoms with E-state index in [0.29, 0.717) is 17.4 Å². The third kappa shape index (κ3) is 2.87. The van der Waals surface area contributed by atoms with Crippen LogP contribution < -0.4 is 5.73 Å². The van der Waals surface area contributed by atoms with E-state index in [0.717, 1.165) is 52.2 Å². The monoisotopic (exact) mass is 292 g/mol. The van der Waals surface area contributed by atoms with Gasteiger partial charge in [-0.05, 0) is 50.6 Å². The van der Waals surface area contributed by atoms with Gasteiger partial charge in [0.1, 0.15) is 0 Å². The minimum absolute atomic E-state index is 0.385. The van der Waals surface area contributed by atoms with Crippen molar-refractivity contribution in [1.82, 2.24) is 14.7 Å². The van der Waals surface area contributed by atoms with Crippen molar-refractivity contribution < 1.29 is 4.74 Å². The molecule has 3 rings (SSSR count). The molecule has 2 N–H and O–H groups in total. The third-order valence-electron chi connectivity index (χ3n) is 5.28. The summed E-state index contributed by atoms with van der Waals surface area (Å²) >= 11 is 0. The van der Waals surface area contributed by atoms with Crippen molar-refractivity contribution >= 4 is 0 Å². The molecule has 2 fully saturated rings. The van der Waals surface area contributed by atoms with Gasteiger partial charge in [-0.15, -0.1) is 0 Å². The molecule has 1 atom stereocenters. The van der Waals surface area contributed by atoms with Crippen molar-refractivity contribution in [3.63, 3.8) is 0 Å². The number of rotatable bonds is 4. The summed E-state index contributed by atoms with van der Waals surface area (Å²) in [4.78, 5) is 2.57. The first-order chi connectivity index (χ1) is 10.1. The fraction of sp³-hybridized carbons (Fsp3) is 0.812. The number of likely N-dealkylation sites (tertiary alicyclic amines) is 1. The number of nitrogens with two attached hydrogens (primary N) is 1. The van der Waals surface area contributed by atoms with E-state index in [1.807, 2.05) is 6.20 Å². The van der Waals surface area contributed by atoms with Gasteiger partial charge in [-0.3, -0.25) is 9.58 Å². The standard InChI is InChI=1S/C16H28N4O/c1-13(2)20-15(3-6-18-20)11-19-10-14(9-17)16(12-19)4-7-21-8-5-16/h3,6,13-14H,4-5,7-12,17H2,1-2H3. The Hall–Kier alpha value is -0.910. The van der Waals surface area contributed by atoms with Gasteiger partial charge in [0.05, 0.1) is 5.69 Å². The first kappa shape index (κ1) is 15.0. The van der Waals surface area contributed by atoms with Crippen LogP contribution in [-0.2, 0) is 11.3 Å². The second-order valence-electron chi connectivity index (χ2n) is 6.94.